The molecular weight excluding hydrogens is 272 g/mol. The minimum Gasteiger partial charge on any atom is -0.497 e. The fraction of sp³-hybridized carbons (Fsp3) is 0.400. The summed E-state index contributed by atoms with van der Waals surface area (Å²) in [5.74, 6) is 2.04. The van der Waals surface area contributed by atoms with Crippen LogP contribution in [-0.4, -0.2) is 23.0 Å². The summed E-state index contributed by atoms with van der Waals surface area (Å²) in [6.07, 6.45) is 1.68. The van der Waals surface area contributed by atoms with Gasteiger partial charge in [0.25, 0.3) is 0 Å². The monoisotopic (exact) mass is 290 g/mol. The lowest BCUT2D eigenvalue weighted by Crippen LogP contribution is -2.03. The zero-order valence-corrected chi connectivity index (χ0v) is 12.4. The van der Waals surface area contributed by atoms with Gasteiger partial charge >= 0.3 is 0 Å². The van der Waals surface area contributed by atoms with Gasteiger partial charge < -0.3 is 14.0 Å². The molecule has 0 unspecified atom stereocenters. The third-order valence-electron chi connectivity index (χ3n) is 2.90. The van der Waals surface area contributed by atoms with Crippen LogP contribution < -0.4 is 9.47 Å². The molecule has 0 aliphatic rings. The molecule has 0 spiro atoms. The van der Waals surface area contributed by atoms with Gasteiger partial charge in [0.15, 0.2) is 12.4 Å². The Bertz CT molecular complexity index is 622. The number of rotatable bonds is 7. The highest BCUT2D eigenvalue weighted by atomic mass is 16.5. The number of hydrogen-bond acceptors (Lipinski definition) is 6. The lowest BCUT2D eigenvalue weighted by Gasteiger charge is -2.09. The molecule has 0 N–H and O–H groups in total. The van der Waals surface area contributed by atoms with Crippen molar-refractivity contribution < 1.29 is 18.8 Å². The first-order chi connectivity index (χ1) is 10.1. The average molecular weight is 290 g/mol. The fourth-order valence-electron chi connectivity index (χ4n) is 1.85. The maximum atomic E-state index is 11.6. The Hall–Kier alpha value is -2.37. The van der Waals surface area contributed by atoms with E-state index in [1.165, 1.54) is 6.92 Å². The number of hydrogen-bond donors (Lipinski definition) is 0. The molecule has 0 amide bonds. The second-order valence-corrected chi connectivity index (χ2v) is 4.56. The average Bonchev–Trinajstić information content (AvgIpc) is 2.92. The molecule has 1 heterocycles. The third-order valence-corrected chi connectivity index (χ3v) is 2.90. The van der Waals surface area contributed by atoms with Crippen LogP contribution in [0.5, 0.6) is 11.5 Å². The van der Waals surface area contributed by atoms with Gasteiger partial charge in [0.05, 0.1) is 12.7 Å². The van der Waals surface area contributed by atoms with Crippen molar-refractivity contribution in [3.05, 3.63) is 35.5 Å². The van der Waals surface area contributed by atoms with Crippen molar-refractivity contribution in [2.45, 2.75) is 33.3 Å². The second-order valence-electron chi connectivity index (χ2n) is 4.56. The molecule has 0 aliphatic heterocycles. The van der Waals surface area contributed by atoms with Crippen LogP contribution in [0.15, 0.2) is 22.7 Å². The van der Waals surface area contributed by atoms with E-state index in [4.69, 9.17) is 14.0 Å². The molecule has 0 atom stereocenters. The van der Waals surface area contributed by atoms with Gasteiger partial charge in [0.2, 0.25) is 11.7 Å². The molecule has 2 rings (SSSR count). The Balaban J connectivity index is 2.12. The number of carbonyl (C=O) groups excluding carboxylic acids is 1. The summed E-state index contributed by atoms with van der Waals surface area (Å²) < 4.78 is 15.9. The quantitative estimate of drug-likeness (QED) is 0.730. The number of nitrogens with zero attached hydrogens (tertiary/aromatic N) is 2. The van der Waals surface area contributed by atoms with Gasteiger partial charge in [-0.1, -0.05) is 12.1 Å². The zero-order valence-electron chi connectivity index (χ0n) is 12.4. The molecule has 112 valence electrons. The third kappa shape index (κ3) is 3.81. The Morgan fingerprint density at radius 1 is 1.38 bits per heavy atom. The van der Waals surface area contributed by atoms with Crippen LogP contribution >= 0.6 is 0 Å². The molecule has 6 nitrogen and oxygen atoms in total. The molecule has 0 fully saturated rings. The summed E-state index contributed by atoms with van der Waals surface area (Å²) in [7, 11) is 1.56. The van der Waals surface area contributed by atoms with Gasteiger partial charge in [0.1, 0.15) is 11.5 Å². The van der Waals surface area contributed by atoms with E-state index in [0.717, 1.165) is 12.8 Å². The van der Waals surface area contributed by atoms with Crippen molar-refractivity contribution in [3.8, 4) is 11.5 Å². The van der Waals surface area contributed by atoms with Crippen molar-refractivity contribution in [1.82, 2.24) is 10.1 Å². The Morgan fingerprint density at radius 2 is 2.19 bits per heavy atom. The Morgan fingerprint density at radius 3 is 2.86 bits per heavy atom. The van der Waals surface area contributed by atoms with E-state index in [1.807, 2.05) is 6.92 Å². The molecule has 2 aromatic rings. The molecule has 0 bridgehead atoms. The number of carbonyl (C=O) groups is 1. The first-order valence-electron chi connectivity index (χ1n) is 6.77. The standard InChI is InChI=1S/C15H18N2O4/c1-4-5-15-16-14(17-21-15)9-20-13-8-11(19-3)6-7-12(13)10(2)18/h6-8H,4-5,9H2,1-3H3. The summed E-state index contributed by atoms with van der Waals surface area (Å²) in [5, 5.41) is 3.84. The number of methoxy groups -OCH3 is 1. The summed E-state index contributed by atoms with van der Waals surface area (Å²) in [6, 6.07) is 5.07. The summed E-state index contributed by atoms with van der Waals surface area (Å²) in [5.41, 5.74) is 0.494. The summed E-state index contributed by atoms with van der Waals surface area (Å²) in [4.78, 5) is 15.8. The maximum Gasteiger partial charge on any atom is 0.226 e. The number of Topliss-reactive ketones (excluding diaryl/α,β-unsaturated/α-hetero) is 1. The van der Waals surface area contributed by atoms with E-state index in [1.54, 1.807) is 25.3 Å². The van der Waals surface area contributed by atoms with Gasteiger partial charge in [0, 0.05) is 12.5 Å². The zero-order chi connectivity index (χ0) is 15.2. The predicted octanol–water partition coefficient (Wildman–Crippen LogP) is 2.81. The lowest BCUT2D eigenvalue weighted by atomic mass is 10.1. The molecule has 1 aromatic carbocycles. The normalized spacial score (nSPS) is 10.4. The van der Waals surface area contributed by atoms with Crippen LogP contribution in [0.1, 0.15) is 42.3 Å². The topological polar surface area (TPSA) is 74.5 Å². The van der Waals surface area contributed by atoms with Gasteiger partial charge in [-0.3, -0.25) is 4.79 Å². The van der Waals surface area contributed by atoms with E-state index in [2.05, 4.69) is 10.1 Å². The Kier molecular flexibility index (Phi) is 4.92. The first kappa shape index (κ1) is 15.0. The number of aryl methyl sites for hydroxylation is 1. The van der Waals surface area contributed by atoms with Crippen LogP contribution in [0.3, 0.4) is 0 Å². The fourth-order valence-corrected chi connectivity index (χ4v) is 1.85. The molecule has 21 heavy (non-hydrogen) atoms. The van der Waals surface area contributed by atoms with Crippen molar-refractivity contribution in [2.24, 2.45) is 0 Å². The van der Waals surface area contributed by atoms with Gasteiger partial charge in [-0.15, -0.1) is 0 Å². The largest absolute Gasteiger partial charge is 0.497 e. The predicted molar refractivity (Wildman–Crippen MR) is 75.6 cm³/mol. The highest BCUT2D eigenvalue weighted by molar-refractivity contribution is 5.97. The van der Waals surface area contributed by atoms with Crippen LogP contribution in [0.2, 0.25) is 0 Å². The van der Waals surface area contributed by atoms with Gasteiger partial charge in [-0.25, -0.2) is 0 Å². The van der Waals surface area contributed by atoms with E-state index in [-0.39, 0.29) is 12.4 Å². The minimum absolute atomic E-state index is 0.0764. The van der Waals surface area contributed by atoms with E-state index in [9.17, 15) is 4.79 Å². The highest BCUT2D eigenvalue weighted by Crippen LogP contribution is 2.25. The molecule has 0 saturated carbocycles. The number of benzene rings is 1. The van der Waals surface area contributed by atoms with Gasteiger partial charge in [-0.2, -0.15) is 4.98 Å². The molecule has 0 saturated heterocycles. The Labute approximate surface area is 123 Å². The van der Waals surface area contributed by atoms with E-state index in [0.29, 0.717) is 28.8 Å². The van der Waals surface area contributed by atoms with Gasteiger partial charge in [-0.05, 0) is 25.5 Å². The van der Waals surface area contributed by atoms with Crippen molar-refractivity contribution >= 4 is 5.78 Å². The molecule has 0 radical (unpaired) electrons. The van der Waals surface area contributed by atoms with E-state index >= 15 is 0 Å². The second kappa shape index (κ2) is 6.88. The molecule has 6 heteroatoms. The SMILES string of the molecule is CCCc1nc(COc2cc(OC)ccc2C(C)=O)no1. The highest BCUT2D eigenvalue weighted by Gasteiger charge is 2.12. The molecule has 1 aromatic heterocycles. The number of aromatic nitrogens is 2. The summed E-state index contributed by atoms with van der Waals surface area (Å²) in [6.45, 7) is 3.67. The van der Waals surface area contributed by atoms with Crippen LogP contribution in [-0.2, 0) is 13.0 Å². The molecular formula is C15H18N2O4. The minimum atomic E-state index is -0.0764. The smallest absolute Gasteiger partial charge is 0.226 e. The maximum absolute atomic E-state index is 11.6. The lowest BCUT2D eigenvalue weighted by molar-refractivity contribution is 0.101. The van der Waals surface area contributed by atoms with Crippen LogP contribution in [0.4, 0.5) is 0 Å². The van der Waals surface area contributed by atoms with Crippen molar-refractivity contribution in [3.63, 3.8) is 0 Å². The van der Waals surface area contributed by atoms with Crippen molar-refractivity contribution in [1.29, 1.82) is 0 Å². The van der Waals surface area contributed by atoms with Crippen LogP contribution in [0.25, 0.3) is 0 Å². The molecule has 0 aliphatic carbocycles. The summed E-state index contributed by atoms with van der Waals surface area (Å²) >= 11 is 0. The van der Waals surface area contributed by atoms with Crippen molar-refractivity contribution in [2.75, 3.05) is 7.11 Å². The van der Waals surface area contributed by atoms with E-state index < -0.39 is 0 Å². The number of ether oxygens (including phenoxy) is 2. The number of ketones is 1. The van der Waals surface area contributed by atoms with Crippen LogP contribution in [0, 0.1) is 0 Å². The first-order valence-corrected chi connectivity index (χ1v) is 6.77.